The highest BCUT2D eigenvalue weighted by atomic mass is 32.1. The van der Waals surface area contributed by atoms with Crippen LogP contribution in [0, 0.1) is 0 Å². The number of para-hydroxylation sites is 2. The summed E-state index contributed by atoms with van der Waals surface area (Å²) in [7, 11) is 0. The van der Waals surface area contributed by atoms with Gasteiger partial charge in [-0.1, -0.05) is 153 Å². The summed E-state index contributed by atoms with van der Waals surface area (Å²) in [4.78, 5) is 2.38. The van der Waals surface area contributed by atoms with Crippen molar-refractivity contribution in [2.24, 2.45) is 0 Å². The first kappa shape index (κ1) is 36.5. The lowest BCUT2D eigenvalue weighted by Gasteiger charge is -2.28. The molecule has 0 spiro atoms. The van der Waals surface area contributed by atoms with Crippen LogP contribution in [0.4, 0.5) is 17.1 Å². The number of fused-ring (bicyclic) bond motifs is 4. The quantitative estimate of drug-likeness (QED) is 0.135. The third-order valence-corrected chi connectivity index (χ3v) is 12.5. The Morgan fingerprint density at radius 1 is 0.542 bits per heavy atom. The number of nitrogens with zero attached hydrogens (tertiary/aromatic N) is 2. The molecule has 0 aliphatic carbocycles. The van der Waals surface area contributed by atoms with E-state index < -0.39 is 0 Å². The summed E-state index contributed by atoms with van der Waals surface area (Å²) in [6.07, 6.45) is 5.34. The van der Waals surface area contributed by atoms with Crippen molar-refractivity contribution in [3.05, 3.63) is 205 Å². The first-order valence-electron chi connectivity index (χ1n) is 20.1. The average Bonchev–Trinajstić information content (AvgIpc) is 3.83. The van der Waals surface area contributed by atoms with Crippen LogP contribution in [0.25, 0.3) is 82.3 Å². The van der Waals surface area contributed by atoms with Gasteiger partial charge in [0.15, 0.2) is 0 Å². The molecule has 0 radical (unpaired) electrons. The topological polar surface area (TPSA) is 8.17 Å². The predicted octanol–water partition coefficient (Wildman–Crippen LogP) is 14.4. The first-order valence-corrected chi connectivity index (χ1v) is 21.4. The third-order valence-electron chi connectivity index (χ3n) is 11.2. The van der Waals surface area contributed by atoms with E-state index in [0.717, 1.165) is 45.5 Å². The maximum Gasteiger partial charge on any atom is 0.0555 e. The molecule has 4 heteroatoms. The summed E-state index contributed by atoms with van der Waals surface area (Å²) in [5.41, 5.74) is 12.7. The molecule has 0 bridgehead atoms. The highest BCUT2D eigenvalue weighted by molar-refractivity contribution is 7.79. The van der Waals surface area contributed by atoms with Crippen molar-refractivity contribution in [1.29, 1.82) is 0 Å². The van der Waals surface area contributed by atoms with Crippen LogP contribution in [0.2, 0.25) is 0 Å². The molecule has 2 nitrogen and oxygen atoms in total. The van der Waals surface area contributed by atoms with Gasteiger partial charge < -0.3 is 9.47 Å². The Kier molecular flexibility index (Phi) is 9.79. The van der Waals surface area contributed by atoms with Crippen LogP contribution in [0.1, 0.15) is 13.3 Å². The molecule has 0 aliphatic heterocycles. The van der Waals surface area contributed by atoms with Gasteiger partial charge in [0.25, 0.3) is 0 Å². The van der Waals surface area contributed by atoms with E-state index in [-0.39, 0.29) is 0 Å². The average molecular weight is 793 g/mol. The van der Waals surface area contributed by atoms with E-state index in [4.69, 9.17) is 12.2 Å². The van der Waals surface area contributed by atoms with E-state index in [2.05, 4.69) is 223 Å². The lowest BCUT2D eigenvalue weighted by molar-refractivity contribution is 1.08. The molecule has 8 aromatic carbocycles. The van der Waals surface area contributed by atoms with Crippen molar-refractivity contribution >= 4 is 89.2 Å². The number of aromatic nitrogens is 1. The second-order valence-electron chi connectivity index (χ2n) is 14.7. The van der Waals surface area contributed by atoms with Crippen LogP contribution in [-0.2, 0) is 0 Å². The van der Waals surface area contributed by atoms with Crippen molar-refractivity contribution in [3.8, 4) is 39.1 Å². The van der Waals surface area contributed by atoms with Crippen LogP contribution >= 0.6 is 23.6 Å². The van der Waals surface area contributed by atoms with E-state index in [9.17, 15) is 0 Å². The Balaban J connectivity index is 1.12. The van der Waals surface area contributed by atoms with E-state index in [0.29, 0.717) is 0 Å². The van der Waals surface area contributed by atoms with Gasteiger partial charge in [0, 0.05) is 53.1 Å². The highest BCUT2D eigenvalue weighted by Crippen LogP contribution is 2.42. The van der Waals surface area contributed by atoms with Crippen molar-refractivity contribution in [2.45, 2.75) is 13.3 Å². The Labute approximate surface area is 353 Å². The SMILES string of the molecule is CC/C=c1\c(=C/C=S)n(-c2cccc3sc4ccccc4c23)c2ccc(-c3ccccc3N(c3ccccc3)c3ccc(-c4cccc(-c5ccccc5)c4)cc3)cc12. The van der Waals surface area contributed by atoms with E-state index >= 15 is 0 Å². The minimum absolute atomic E-state index is 0.901. The number of hydrogen-bond acceptors (Lipinski definition) is 3. The Morgan fingerprint density at radius 3 is 1.95 bits per heavy atom. The molecule has 0 unspecified atom stereocenters. The van der Waals surface area contributed by atoms with Gasteiger partial charge in [-0.25, -0.2) is 0 Å². The van der Waals surface area contributed by atoms with Crippen LogP contribution < -0.4 is 15.5 Å². The van der Waals surface area contributed by atoms with Gasteiger partial charge in [-0.3, -0.25) is 0 Å². The number of hydrogen-bond donors (Lipinski definition) is 0. The zero-order valence-corrected chi connectivity index (χ0v) is 34.3. The third kappa shape index (κ3) is 6.67. The molecule has 282 valence electrons. The summed E-state index contributed by atoms with van der Waals surface area (Å²) in [5.74, 6) is 0. The van der Waals surface area contributed by atoms with Gasteiger partial charge >= 0.3 is 0 Å². The monoisotopic (exact) mass is 792 g/mol. The maximum absolute atomic E-state index is 5.54. The number of thiocarbonyl (C=S) groups is 1. The lowest BCUT2D eigenvalue weighted by atomic mass is 9.98. The first-order chi connectivity index (χ1) is 29.2. The molecule has 10 rings (SSSR count). The maximum atomic E-state index is 5.54. The highest BCUT2D eigenvalue weighted by Gasteiger charge is 2.20. The Morgan fingerprint density at radius 2 is 1.17 bits per heavy atom. The van der Waals surface area contributed by atoms with Gasteiger partial charge in [0.2, 0.25) is 0 Å². The van der Waals surface area contributed by atoms with Crippen LogP contribution in [0.3, 0.4) is 0 Å². The second kappa shape index (κ2) is 15.8. The fourth-order valence-corrected chi connectivity index (χ4v) is 9.84. The fourth-order valence-electron chi connectivity index (χ4n) is 8.58. The molecule has 0 saturated carbocycles. The van der Waals surface area contributed by atoms with Crippen LogP contribution in [-0.4, -0.2) is 9.93 Å². The van der Waals surface area contributed by atoms with E-state index in [1.54, 1.807) is 5.37 Å². The summed E-state index contributed by atoms with van der Waals surface area (Å²) >= 11 is 7.39. The minimum atomic E-state index is 0.901. The van der Waals surface area contributed by atoms with Crippen molar-refractivity contribution in [1.82, 2.24) is 4.57 Å². The van der Waals surface area contributed by atoms with Crippen LogP contribution in [0.15, 0.2) is 194 Å². The molecular formula is C55H40N2S2. The Hall–Kier alpha value is -6.85. The smallest absolute Gasteiger partial charge is 0.0555 e. The molecule has 2 aromatic heterocycles. The molecule has 0 amide bonds. The predicted molar refractivity (Wildman–Crippen MR) is 259 cm³/mol. The standard InChI is InChI=1S/C55H40N2S2/c1-2-15-46-48-37-42(30-33-50(48)57(51(46)34-35-58)52-25-14-27-54-55(52)47-23-10-12-26-53(47)59-54)45-22-9-11-24-49(45)56(43-20-7-4-8-21-43)44-31-28-39(29-32-44)41-19-13-18-40(36-41)38-16-5-3-6-17-38/h3-37H,2H2,1H3/b46-15-,51-34+. The molecule has 0 fully saturated rings. The lowest BCUT2D eigenvalue weighted by Crippen LogP contribution is -2.28. The van der Waals surface area contributed by atoms with Crippen molar-refractivity contribution < 1.29 is 0 Å². The molecule has 0 N–H and O–H groups in total. The molecule has 2 heterocycles. The number of benzene rings is 8. The summed E-state index contributed by atoms with van der Waals surface area (Å²) in [6.45, 7) is 2.21. The van der Waals surface area contributed by atoms with Gasteiger partial charge in [0.1, 0.15) is 0 Å². The van der Waals surface area contributed by atoms with Crippen molar-refractivity contribution in [3.63, 3.8) is 0 Å². The number of anilines is 3. The molecule has 0 aliphatic rings. The zero-order chi connectivity index (χ0) is 39.7. The van der Waals surface area contributed by atoms with Gasteiger partial charge in [-0.15, -0.1) is 11.3 Å². The van der Waals surface area contributed by atoms with Gasteiger partial charge in [-0.2, -0.15) is 0 Å². The molecule has 59 heavy (non-hydrogen) atoms. The molecule has 10 aromatic rings. The largest absolute Gasteiger partial charge is 0.310 e. The van der Waals surface area contributed by atoms with Crippen molar-refractivity contribution in [2.75, 3.05) is 4.90 Å². The van der Waals surface area contributed by atoms with Gasteiger partial charge in [0.05, 0.1) is 22.2 Å². The van der Waals surface area contributed by atoms with Crippen LogP contribution in [0.5, 0.6) is 0 Å². The minimum Gasteiger partial charge on any atom is -0.310 e. The fraction of sp³-hybridized carbons (Fsp3) is 0.0364. The second-order valence-corrected chi connectivity index (χ2v) is 16.1. The number of rotatable bonds is 9. The zero-order valence-electron chi connectivity index (χ0n) is 32.6. The number of thiophene rings is 1. The molecule has 0 saturated heterocycles. The van der Waals surface area contributed by atoms with Gasteiger partial charge in [-0.05, 0) is 107 Å². The summed E-state index contributed by atoms with van der Waals surface area (Å²) < 4.78 is 4.99. The molecular weight excluding hydrogens is 753 g/mol. The van der Waals surface area contributed by atoms with E-state index in [1.165, 1.54) is 58.7 Å². The normalized spacial score (nSPS) is 12.2. The molecule has 0 atom stereocenters. The summed E-state index contributed by atoms with van der Waals surface area (Å²) in [5, 5.41) is 7.81. The summed E-state index contributed by atoms with van der Waals surface area (Å²) in [6, 6.07) is 70.2. The van der Waals surface area contributed by atoms with E-state index in [1.807, 2.05) is 11.3 Å². The Bertz CT molecular complexity index is 3270.